The molecule has 3 amide bonds. The number of phosphoric acid groups is 1. The predicted molar refractivity (Wildman–Crippen MR) is 251 cm³/mol. The Kier molecular flexibility index (Phi) is 29.2. The highest BCUT2D eigenvalue weighted by Gasteiger charge is 2.39. The Hall–Kier alpha value is -3.92. The van der Waals surface area contributed by atoms with Gasteiger partial charge >= 0.3 is 25.5 Å². The van der Waals surface area contributed by atoms with Crippen molar-refractivity contribution in [2.45, 2.75) is 146 Å². The van der Waals surface area contributed by atoms with Crippen molar-refractivity contribution in [2.75, 3.05) is 49.7 Å². The SMILES string of the molecule is C#C.CC.CCNC(CSC1CCC1SCC(NC(=O)CCC(C)(C)OCCCC(=O)CC)C(=O)NCCC(=O)OCC(=O)Nc1ccn(C2O[C@H](COP(=O)(O)O)CC2F)c(=O)n1)C(=O)O. The van der Waals surface area contributed by atoms with E-state index in [1.54, 1.807) is 18.7 Å². The third-order valence-electron chi connectivity index (χ3n) is 9.87. The van der Waals surface area contributed by atoms with Gasteiger partial charge in [0.2, 0.25) is 11.8 Å². The molecular weight excluding hydrogens is 943 g/mol. The minimum atomic E-state index is -4.82. The number of carbonyl (C=O) groups is 6. The minimum absolute atomic E-state index is 0.0501. The van der Waals surface area contributed by atoms with Crippen LogP contribution in [0.3, 0.4) is 0 Å². The maximum atomic E-state index is 14.6. The lowest BCUT2D eigenvalue weighted by molar-refractivity contribution is -0.147. The highest BCUT2D eigenvalue weighted by Crippen LogP contribution is 2.41. The van der Waals surface area contributed by atoms with Gasteiger partial charge in [0.1, 0.15) is 29.9 Å². The maximum Gasteiger partial charge on any atom is 0.469 e. The Balaban J connectivity index is 0.00000545. The molecule has 7 N–H and O–H groups in total. The molecule has 1 saturated carbocycles. The molecule has 6 unspecified atom stereocenters. The van der Waals surface area contributed by atoms with E-state index < -0.39 is 92.6 Å². The summed E-state index contributed by atoms with van der Waals surface area (Å²) in [4.78, 5) is 109. The summed E-state index contributed by atoms with van der Waals surface area (Å²) in [5, 5.41) is 20.4. The molecule has 1 aromatic rings. The van der Waals surface area contributed by atoms with Crippen LogP contribution in [0.5, 0.6) is 0 Å². The van der Waals surface area contributed by atoms with Crippen molar-refractivity contribution in [3.63, 3.8) is 0 Å². The molecule has 0 aromatic carbocycles. The second-order valence-corrected chi connectivity index (χ2v) is 19.2. The summed E-state index contributed by atoms with van der Waals surface area (Å²) in [6.45, 7) is 10.6. The van der Waals surface area contributed by atoms with Crippen molar-refractivity contribution in [1.82, 2.24) is 25.5 Å². The van der Waals surface area contributed by atoms with E-state index in [1.165, 1.54) is 11.8 Å². The molecule has 21 nitrogen and oxygen atoms in total. The average molecular weight is 1010 g/mol. The van der Waals surface area contributed by atoms with Crippen LogP contribution in [-0.2, 0) is 52.1 Å². The molecule has 380 valence electrons. The molecule has 0 radical (unpaired) electrons. The average Bonchev–Trinajstić information content (AvgIpc) is 3.65. The van der Waals surface area contributed by atoms with Crippen LogP contribution in [0.4, 0.5) is 10.2 Å². The van der Waals surface area contributed by atoms with E-state index in [-0.39, 0.29) is 53.7 Å². The van der Waals surface area contributed by atoms with Crippen molar-refractivity contribution in [1.29, 1.82) is 0 Å². The number of thioether (sulfide) groups is 2. The van der Waals surface area contributed by atoms with Crippen LogP contribution in [-0.4, -0.2) is 145 Å². The summed E-state index contributed by atoms with van der Waals surface area (Å²) in [6.07, 6.45) is 7.79. The van der Waals surface area contributed by atoms with Gasteiger partial charge in [-0.1, -0.05) is 27.7 Å². The fourth-order valence-electron chi connectivity index (χ4n) is 6.17. The fraction of sp³-hybridized carbons (Fsp3) is 0.714. The molecule has 0 bridgehead atoms. The Bertz CT molecular complexity index is 1870. The minimum Gasteiger partial charge on any atom is -0.480 e. The molecule has 67 heavy (non-hydrogen) atoms. The number of ketones is 1. The van der Waals surface area contributed by atoms with Gasteiger partial charge in [-0.3, -0.25) is 37.9 Å². The third-order valence-corrected chi connectivity index (χ3v) is 13.6. The number of carbonyl (C=O) groups excluding carboxylic acids is 5. The Morgan fingerprint density at radius 3 is 2.24 bits per heavy atom. The third kappa shape index (κ3) is 24.3. The van der Waals surface area contributed by atoms with Crippen LogP contribution in [0.1, 0.15) is 106 Å². The number of aromatic nitrogens is 2. The normalized spacial score (nSPS) is 19.7. The van der Waals surface area contributed by atoms with Gasteiger partial charge in [-0.25, -0.2) is 13.8 Å². The summed E-state index contributed by atoms with van der Waals surface area (Å²) in [5.41, 5.74) is -1.68. The molecule has 3 rings (SSSR count). The number of aliphatic carboxylic acids is 1. The smallest absolute Gasteiger partial charge is 0.469 e. The van der Waals surface area contributed by atoms with Gasteiger partial charge in [0.15, 0.2) is 12.8 Å². The van der Waals surface area contributed by atoms with E-state index in [0.29, 0.717) is 44.6 Å². The van der Waals surface area contributed by atoms with Crippen molar-refractivity contribution in [3.05, 3.63) is 22.7 Å². The van der Waals surface area contributed by atoms with Crippen molar-refractivity contribution < 1.29 is 71.4 Å². The lowest BCUT2D eigenvalue weighted by Gasteiger charge is -2.37. The second kappa shape index (κ2) is 32.0. The molecule has 1 aliphatic carbocycles. The van der Waals surface area contributed by atoms with Gasteiger partial charge in [0.05, 0.1) is 24.7 Å². The number of nitrogens with zero attached hydrogens (tertiary/aromatic N) is 2. The quantitative estimate of drug-likeness (QED) is 0.0252. The topological polar surface area (TPSA) is 300 Å². The highest BCUT2D eigenvalue weighted by atomic mass is 32.2. The lowest BCUT2D eigenvalue weighted by atomic mass is 9.99. The molecule has 0 spiro atoms. The summed E-state index contributed by atoms with van der Waals surface area (Å²) in [5.74, 6) is -3.09. The molecule has 2 heterocycles. The molecule has 1 saturated heterocycles. The number of ether oxygens (including phenoxy) is 3. The second-order valence-electron chi connectivity index (χ2n) is 15.4. The first-order valence-electron chi connectivity index (χ1n) is 22.0. The Morgan fingerprint density at radius 1 is 1.03 bits per heavy atom. The van der Waals surface area contributed by atoms with Gasteiger partial charge in [-0.2, -0.15) is 28.5 Å². The number of nitrogens with one attached hydrogen (secondary N) is 4. The number of esters is 1. The summed E-state index contributed by atoms with van der Waals surface area (Å²) >= 11 is 3.05. The molecule has 1 aliphatic heterocycles. The van der Waals surface area contributed by atoms with Crippen LogP contribution in [0, 0.1) is 12.8 Å². The highest BCUT2D eigenvalue weighted by molar-refractivity contribution is 8.04. The van der Waals surface area contributed by atoms with Gasteiger partial charge in [0.25, 0.3) is 5.91 Å². The maximum absolute atomic E-state index is 14.6. The van der Waals surface area contributed by atoms with E-state index in [1.807, 2.05) is 34.6 Å². The first-order chi connectivity index (χ1) is 31.7. The summed E-state index contributed by atoms with van der Waals surface area (Å²) in [7, 11) is -4.82. The number of alkyl halides is 1. The Labute approximate surface area is 399 Å². The zero-order valence-corrected chi connectivity index (χ0v) is 41.5. The van der Waals surface area contributed by atoms with Gasteiger partial charge < -0.3 is 50.4 Å². The van der Waals surface area contributed by atoms with Crippen LogP contribution in [0.15, 0.2) is 17.1 Å². The number of halogens is 1. The van der Waals surface area contributed by atoms with Crippen LogP contribution in [0.25, 0.3) is 0 Å². The van der Waals surface area contributed by atoms with Crippen LogP contribution in [0.2, 0.25) is 0 Å². The van der Waals surface area contributed by atoms with E-state index in [9.17, 15) is 47.6 Å². The standard InChI is InChI=1S/C38H60FN6O15PS2.C2H6.C2H2/c1-5-23(46)8-7-17-58-38(3,4)14-11-31(47)42-26(21-62-28-9-10-29(28)63-22-27(36(51)52)40-6-2)34(50)41-15-12-33(49)57-20-32(48)43-30-13-16-45(37(53)44-30)35-25(39)18-24(60-35)19-59-61(54,55)56;2*1-2/h13,16,24-29,35,40H,5-12,14-15,17-22H2,1-4H3,(H,41,50)(H,42,47)(H,51,52)(H2,54,55,56)(H,43,44,48,53);1-2H3;1-2H/t24-,25?,26?,27?,28?,29?,35?;;/m0../s1. The van der Waals surface area contributed by atoms with E-state index >= 15 is 0 Å². The van der Waals surface area contributed by atoms with Crippen LogP contribution >= 0.6 is 31.3 Å². The molecule has 7 atom stereocenters. The molecule has 25 heteroatoms. The van der Waals surface area contributed by atoms with Gasteiger partial charge in [-0.05, 0) is 52.1 Å². The van der Waals surface area contributed by atoms with Crippen molar-refractivity contribution in [2.24, 2.45) is 0 Å². The zero-order valence-electron chi connectivity index (χ0n) is 38.9. The largest absolute Gasteiger partial charge is 0.480 e. The predicted octanol–water partition coefficient (Wildman–Crippen LogP) is 3.12. The summed E-state index contributed by atoms with van der Waals surface area (Å²) < 4.78 is 46.9. The summed E-state index contributed by atoms with van der Waals surface area (Å²) in [6, 6.07) is -0.498. The van der Waals surface area contributed by atoms with Gasteiger partial charge in [0, 0.05) is 67.0 Å². The van der Waals surface area contributed by atoms with Crippen LogP contribution < -0.4 is 27.0 Å². The number of hydrogen-bond acceptors (Lipinski definition) is 16. The monoisotopic (exact) mass is 1010 g/mol. The number of terminal acetylenes is 1. The van der Waals surface area contributed by atoms with Gasteiger partial charge in [-0.15, -0.1) is 12.8 Å². The number of rotatable bonds is 30. The number of hydrogen-bond donors (Lipinski definition) is 7. The zero-order chi connectivity index (χ0) is 50.7. The molecule has 1 aromatic heterocycles. The van der Waals surface area contributed by atoms with E-state index in [0.717, 1.165) is 29.7 Å². The van der Waals surface area contributed by atoms with E-state index in [4.69, 9.17) is 24.0 Å². The fourth-order valence-corrected chi connectivity index (χ4v) is 9.68. The number of amides is 3. The number of anilines is 1. The number of likely N-dealkylation sites (N-methyl/N-ethyl adjacent to an activating group) is 1. The number of Topliss-reactive ketones (excluding diaryl/α,β-unsaturated/α-hetero) is 1. The lowest BCUT2D eigenvalue weighted by Crippen LogP contribution is -2.49. The molecular formula is C42H68FN6O15PS2. The first kappa shape index (κ1) is 61.1. The number of phosphoric ester groups is 1. The first-order valence-corrected chi connectivity index (χ1v) is 25.6. The number of carboxylic acids is 1. The number of carboxylic acid groups (broad SMARTS) is 1. The van der Waals surface area contributed by atoms with Crippen molar-refractivity contribution >= 4 is 72.6 Å². The van der Waals surface area contributed by atoms with Crippen molar-refractivity contribution in [3.8, 4) is 12.8 Å². The van der Waals surface area contributed by atoms with E-state index in [2.05, 4.69) is 43.6 Å². The Morgan fingerprint density at radius 2 is 1.67 bits per heavy atom. The molecule has 2 aliphatic rings. The molecule has 2 fully saturated rings.